The Labute approximate surface area is 367 Å². The van der Waals surface area contributed by atoms with E-state index in [0.717, 1.165) is 89.9 Å². The molecule has 1 unspecified atom stereocenters. The normalized spacial score (nSPS) is 13.2. The SMILES string of the molecule is CC\C=C/C=C\C=C/C=C\C=C/CCCC(=O)OC(COC(=O)CCCCC/C=C\C/C=C\C/C=C\C/C=C\C/C=C\CC)COC(=O)CCCCCCCCCCCC. The number of esters is 3. The molecule has 0 spiro atoms. The minimum atomic E-state index is -0.829. The van der Waals surface area contributed by atoms with E-state index in [2.05, 4.69) is 87.6 Å². The summed E-state index contributed by atoms with van der Waals surface area (Å²) >= 11 is 0. The molecule has 0 bridgehead atoms. The van der Waals surface area contributed by atoms with Gasteiger partial charge in [0.2, 0.25) is 0 Å². The van der Waals surface area contributed by atoms with Gasteiger partial charge in [0.15, 0.2) is 6.10 Å². The molecule has 0 amide bonds. The molecule has 0 aliphatic carbocycles. The number of ether oxygens (including phenoxy) is 3. The lowest BCUT2D eigenvalue weighted by atomic mass is 10.1. The van der Waals surface area contributed by atoms with Crippen LogP contribution in [0.15, 0.2) is 122 Å². The molecule has 0 fully saturated rings. The highest BCUT2D eigenvalue weighted by molar-refractivity contribution is 5.71. The van der Waals surface area contributed by atoms with Crippen LogP contribution < -0.4 is 0 Å². The number of hydrogen-bond acceptors (Lipinski definition) is 6. The quantitative estimate of drug-likeness (QED) is 0.0201. The van der Waals surface area contributed by atoms with E-state index in [1.54, 1.807) is 0 Å². The number of allylic oxidation sites excluding steroid dienone is 20. The molecule has 6 nitrogen and oxygen atoms in total. The minimum absolute atomic E-state index is 0.120. The monoisotopic (exact) mass is 829 g/mol. The van der Waals surface area contributed by atoms with Gasteiger partial charge >= 0.3 is 17.9 Å². The number of carbonyl (C=O) groups is 3. The van der Waals surface area contributed by atoms with Gasteiger partial charge in [0.25, 0.3) is 0 Å². The summed E-state index contributed by atoms with van der Waals surface area (Å²) in [5.74, 6) is -1.04. The van der Waals surface area contributed by atoms with Crippen molar-refractivity contribution < 1.29 is 28.6 Å². The molecule has 0 aliphatic heterocycles. The van der Waals surface area contributed by atoms with Gasteiger partial charge in [-0.25, -0.2) is 0 Å². The van der Waals surface area contributed by atoms with Crippen molar-refractivity contribution in [2.24, 2.45) is 0 Å². The lowest BCUT2D eigenvalue weighted by molar-refractivity contribution is -0.167. The average molecular weight is 829 g/mol. The molecule has 0 aromatic rings. The van der Waals surface area contributed by atoms with Crippen LogP contribution in [0.3, 0.4) is 0 Å². The average Bonchev–Trinajstić information content (AvgIpc) is 3.24. The van der Waals surface area contributed by atoms with E-state index in [1.165, 1.54) is 44.9 Å². The summed E-state index contributed by atoms with van der Waals surface area (Å²) in [6, 6.07) is 0. The predicted molar refractivity (Wildman–Crippen MR) is 256 cm³/mol. The highest BCUT2D eigenvalue weighted by atomic mass is 16.6. The number of rotatable bonds is 40. The summed E-state index contributed by atoms with van der Waals surface area (Å²) in [7, 11) is 0. The Bertz CT molecular complexity index is 1320. The van der Waals surface area contributed by atoms with Crippen molar-refractivity contribution in [3.8, 4) is 0 Å². The first-order chi connectivity index (χ1) is 29.5. The largest absolute Gasteiger partial charge is 0.462 e. The molecule has 6 heteroatoms. The van der Waals surface area contributed by atoms with Gasteiger partial charge in [0.1, 0.15) is 13.2 Å². The molecule has 0 aliphatic rings. The Morgan fingerprint density at radius 1 is 0.367 bits per heavy atom. The Morgan fingerprint density at radius 2 is 0.750 bits per heavy atom. The molecule has 0 aromatic heterocycles. The highest BCUT2D eigenvalue weighted by Gasteiger charge is 2.19. The summed E-state index contributed by atoms with van der Waals surface area (Å²) in [6.45, 7) is 6.24. The van der Waals surface area contributed by atoms with Gasteiger partial charge in [-0.15, -0.1) is 0 Å². The van der Waals surface area contributed by atoms with E-state index in [0.29, 0.717) is 19.3 Å². The zero-order valence-electron chi connectivity index (χ0n) is 38.2. The first-order valence-corrected chi connectivity index (χ1v) is 23.6. The summed E-state index contributed by atoms with van der Waals surface area (Å²) in [5, 5.41) is 0. The van der Waals surface area contributed by atoms with Crippen LogP contribution in [-0.2, 0) is 28.6 Å². The molecule has 60 heavy (non-hydrogen) atoms. The van der Waals surface area contributed by atoms with Gasteiger partial charge in [0.05, 0.1) is 0 Å². The second-order valence-electron chi connectivity index (χ2n) is 15.0. The van der Waals surface area contributed by atoms with E-state index in [4.69, 9.17) is 14.2 Å². The first-order valence-electron chi connectivity index (χ1n) is 23.6. The standard InChI is InChI=1S/C54H84O6/c1-4-7-10-13-16-19-22-24-25-26-27-28-29-31-32-35-38-41-44-47-53(56)59-50-51(49-58-52(55)46-43-40-37-34-21-18-15-12-9-6-3)60-54(57)48-45-42-39-36-33-30-23-20-17-14-11-8-5-2/h7-8,10-11,14,16-17,19-20,23-25,27-28,30-33,36,39,51H,4-6,9,12-13,15,18,21-22,26,29,34-35,37-38,40-50H2,1-3H3/b10-7-,11-8-,17-14-,19-16-,23-20-,25-24-,28-27-,32-31-,33-30-,39-36-. The fraction of sp³-hybridized carbons (Fsp3) is 0.574. The van der Waals surface area contributed by atoms with Crippen molar-refractivity contribution in [1.82, 2.24) is 0 Å². The van der Waals surface area contributed by atoms with E-state index in [-0.39, 0.29) is 31.6 Å². The lowest BCUT2D eigenvalue weighted by Gasteiger charge is -2.18. The molecule has 0 radical (unpaired) electrons. The maximum Gasteiger partial charge on any atom is 0.306 e. The topological polar surface area (TPSA) is 78.9 Å². The molecule has 336 valence electrons. The Kier molecular flexibility index (Phi) is 44.2. The zero-order valence-corrected chi connectivity index (χ0v) is 38.2. The number of hydrogen-bond donors (Lipinski definition) is 0. The highest BCUT2D eigenvalue weighted by Crippen LogP contribution is 2.13. The van der Waals surface area contributed by atoms with Gasteiger partial charge in [0, 0.05) is 19.3 Å². The molecular weight excluding hydrogens is 745 g/mol. The Morgan fingerprint density at radius 3 is 1.25 bits per heavy atom. The van der Waals surface area contributed by atoms with Gasteiger partial charge in [-0.3, -0.25) is 14.4 Å². The number of unbranched alkanes of at least 4 members (excludes halogenated alkanes) is 13. The van der Waals surface area contributed by atoms with E-state index in [1.807, 2.05) is 54.7 Å². The van der Waals surface area contributed by atoms with Crippen LogP contribution in [0.5, 0.6) is 0 Å². The maximum atomic E-state index is 12.7. The third-order valence-corrected chi connectivity index (χ3v) is 9.34. The van der Waals surface area contributed by atoms with Crippen LogP contribution in [0.2, 0.25) is 0 Å². The second-order valence-corrected chi connectivity index (χ2v) is 15.0. The fourth-order valence-electron chi connectivity index (χ4n) is 5.85. The zero-order chi connectivity index (χ0) is 43.7. The molecular formula is C54H84O6. The maximum absolute atomic E-state index is 12.7. The molecule has 0 heterocycles. The van der Waals surface area contributed by atoms with Crippen molar-refractivity contribution in [3.05, 3.63) is 122 Å². The molecule has 0 N–H and O–H groups in total. The number of carbonyl (C=O) groups excluding carboxylic acids is 3. The second kappa shape index (κ2) is 47.5. The molecule has 0 rings (SSSR count). The van der Waals surface area contributed by atoms with Gasteiger partial charge in [-0.2, -0.15) is 0 Å². The van der Waals surface area contributed by atoms with Crippen LogP contribution in [0.4, 0.5) is 0 Å². The Balaban J connectivity index is 4.53. The van der Waals surface area contributed by atoms with E-state index >= 15 is 0 Å². The van der Waals surface area contributed by atoms with Crippen molar-refractivity contribution >= 4 is 17.9 Å². The van der Waals surface area contributed by atoms with E-state index in [9.17, 15) is 14.4 Å². The summed E-state index contributed by atoms with van der Waals surface area (Å²) in [5.41, 5.74) is 0. The van der Waals surface area contributed by atoms with Crippen LogP contribution >= 0.6 is 0 Å². The summed E-state index contributed by atoms with van der Waals surface area (Å²) < 4.78 is 16.6. The fourth-order valence-corrected chi connectivity index (χ4v) is 5.85. The first kappa shape index (κ1) is 55.8. The lowest BCUT2D eigenvalue weighted by Crippen LogP contribution is -2.30. The van der Waals surface area contributed by atoms with Gasteiger partial charge in [-0.1, -0.05) is 206 Å². The molecule has 1 atom stereocenters. The summed E-state index contributed by atoms with van der Waals surface area (Å²) in [4.78, 5) is 37.8. The van der Waals surface area contributed by atoms with Crippen LogP contribution in [-0.4, -0.2) is 37.2 Å². The molecule has 0 aromatic carbocycles. The van der Waals surface area contributed by atoms with Gasteiger partial charge < -0.3 is 14.2 Å². The van der Waals surface area contributed by atoms with Crippen molar-refractivity contribution in [3.63, 3.8) is 0 Å². The molecule has 0 saturated heterocycles. The van der Waals surface area contributed by atoms with Crippen LogP contribution in [0, 0.1) is 0 Å². The van der Waals surface area contributed by atoms with Crippen LogP contribution in [0.1, 0.15) is 181 Å². The van der Waals surface area contributed by atoms with Crippen molar-refractivity contribution in [1.29, 1.82) is 0 Å². The molecule has 0 saturated carbocycles. The van der Waals surface area contributed by atoms with Crippen LogP contribution in [0.25, 0.3) is 0 Å². The van der Waals surface area contributed by atoms with E-state index < -0.39 is 12.1 Å². The van der Waals surface area contributed by atoms with Crippen molar-refractivity contribution in [2.75, 3.05) is 13.2 Å². The smallest absolute Gasteiger partial charge is 0.306 e. The predicted octanol–water partition coefficient (Wildman–Crippen LogP) is 15.4. The minimum Gasteiger partial charge on any atom is -0.462 e. The third-order valence-electron chi connectivity index (χ3n) is 9.34. The third kappa shape index (κ3) is 44.9. The Hall–Kier alpha value is -4.19. The summed E-state index contributed by atoms with van der Waals surface area (Å²) in [6.07, 6.45) is 64.8. The van der Waals surface area contributed by atoms with Gasteiger partial charge in [-0.05, 0) is 77.0 Å². The van der Waals surface area contributed by atoms with Crippen molar-refractivity contribution in [2.45, 2.75) is 187 Å².